The van der Waals surface area contributed by atoms with E-state index in [-0.39, 0.29) is 17.8 Å². The van der Waals surface area contributed by atoms with Crippen molar-refractivity contribution >= 4 is 11.7 Å². The minimum atomic E-state index is -0.526. The van der Waals surface area contributed by atoms with Crippen LogP contribution >= 0.6 is 0 Å². The number of aromatic nitrogens is 1. The average molecular weight is 236 g/mol. The Balaban J connectivity index is 2.07. The Kier molecular flexibility index (Phi) is 3.55. The summed E-state index contributed by atoms with van der Waals surface area (Å²) in [5.74, 6) is 0.110. The summed E-state index contributed by atoms with van der Waals surface area (Å²) >= 11 is 0. The van der Waals surface area contributed by atoms with E-state index in [1.54, 1.807) is 25.3 Å². The molecule has 0 aromatic carbocycles. The molecule has 6 nitrogen and oxygen atoms in total. The van der Waals surface area contributed by atoms with Gasteiger partial charge in [-0.05, 0) is 12.1 Å². The number of methoxy groups -OCH3 is 1. The quantitative estimate of drug-likeness (QED) is 0.660. The summed E-state index contributed by atoms with van der Waals surface area (Å²) in [4.78, 5) is 15.1. The summed E-state index contributed by atoms with van der Waals surface area (Å²) in [6.07, 6.45) is 0.106. The van der Waals surface area contributed by atoms with Crippen LogP contribution in [0.2, 0.25) is 0 Å². The van der Waals surface area contributed by atoms with Gasteiger partial charge in [0.05, 0.1) is 12.1 Å². The molecule has 1 unspecified atom stereocenters. The zero-order valence-electron chi connectivity index (χ0n) is 9.64. The van der Waals surface area contributed by atoms with Crippen molar-refractivity contribution in [2.45, 2.75) is 12.1 Å². The monoisotopic (exact) mass is 236 g/mol. The summed E-state index contributed by atoms with van der Waals surface area (Å²) in [5, 5.41) is 6.45. The number of hydrogen-bond acceptors (Lipinski definition) is 5. The molecular weight excluding hydrogens is 220 g/mol. The number of carbonyl (C=O) groups excluding carboxylic acids is 1. The summed E-state index contributed by atoms with van der Waals surface area (Å²) in [5.41, 5.74) is 5.44. The molecule has 0 radical (unpaired) electrons. The molecule has 1 fully saturated rings. The van der Waals surface area contributed by atoms with E-state index in [1.807, 2.05) is 0 Å². The van der Waals surface area contributed by atoms with E-state index in [0.29, 0.717) is 5.82 Å². The highest BCUT2D eigenvalue weighted by Crippen LogP contribution is 2.12. The molecule has 1 aromatic rings. The fraction of sp³-hybridized carbons (Fsp3) is 0.455. The van der Waals surface area contributed by atoms with Crippen LogP contribution in [0.15, 0.2) is 18.2 Å². The van der Waals surface area contributed by atoms with Crippen LogP contribution in [0.3, 0.4) is 0 Å². The molecule has 6 heteroatoms. The van der Waals surface area contributed by atoms with Crippen LogP contribution < -0.4 is 16.4 Å². The Hall–Kier alpha value is -1.66. The van der Waals surface area contributed by atoms with Crippen molar-refractivity contribution in [1.29, 1.82) is 0 Å². The lowest BCUT2D eigenvalue weighted by atomic mass is 10.2. The third kappa shape index (κ3) is 2.72. The van der Waals surface area contributed by atoms with E-state index in [2.05, 4.69) is 15.6 Å². The number of amides is 1. The fourth-order valence-electron chi connectivity index (χ4n) is 1.89. The maximum Gasteiger partial charge on any atom is 0.267 e. The standard InChI is InChI=1S/C11H16N4O2/c1-17-9-6-13-5-8(9)15-10-4-2-3-7(14-10)11(12)16/h2-4,8-9,13H,5-6H2,1H3,(H2,12,16)(H,14,15)/t8?,9-/m0/s1. The molecule has 2 heterocycles. The van der Waals surface area contributed by atoms with Gasteiger partial charge in [-0.2, -0.15) is 0 Å². The Bertz CT molecular complexity index is 410. The van der Waals surface area contributed by atoms with Crippen molar-refractivity contribution in [2.24, 2.45) is 5.73 Å². The molecule has 92 valence electrons. The molecule has 1 saturated heterocycles. The van der Waals surface area contributed by atoms with E-state index >= 15 is 0 Å². The van der Waals surface area contributed by atoms with E-state index < -0.39 is 5.91 Å². The number of primary amides is 1. The molecular formula is C11H16N4O2. The number of ether oxygens (including phenoxy) is 1. The first-order valence-corrected chi connectivity index (χ1v) is 5.47. The molecule has 1 aromatic heterocycles. The zero-order valence-corrected chi connectivity index (χ0v) is 9.64. The van der Waals surface area contributed by atoms with Crippen LogP contribution in [0.25, 0.3) is 0 Å². The van der Waals surface area contributed by atoms with E-state index in [9.17, 15) is 4.79 Å². The molecule has 2 rings (SSSR count). The molecule has 1 aliphatic rings. The smallest absolute Gasteiger partial charge is 0.267 e. The van der Waals surface area contributed by atoms with Crippen molar-refractivity contribution in [2.75, 3.05) is 25.5 Å². The number of nitrogens with zero attached hydrogens (tertiary/aromatic N) is 1. The van der Waals surface area contributed by atoms with Gasteiger partial charge in [-0.3, -0.25) is 4.79 Å². The highest BCUT2D eigenvalue weighted by molar-refractivity contribution is 5.91. The second-order valence-electron chi connectivity index (χ2n) is 3.96. The van der Waals surface area contributed by atoms with Crippen molar-refractivity contribution < 1.29 is 9.53 Å². The van der Waals surface area contributed by atoms with Crippen molar-refractivity contribution in [1.82, 2.24) is 10.3 Å². The molecule has 1 amide bonds. The number of carbonyl (C=O) groups is 1. The van der Waals surface area contributed by atoms with Gasteiger partial charge in [0.25, 0.3) is 5.91 Å². The molecule has 0 bridgehead atoms. The first kappa shape index (κ1) is 11.8. The first-order valence-electron chi connectivity index (χ1n) is 5.47. The van der Waals surface area contributed by atoms with Gasteiger partial charge in [-0.15, -0.1) is 0 Å². The Morgan fingerprint density at radius 3 is 3.12 bits per heavy atom. The van der Waals surface area contributed by atoms with Gasteiger partial charge < -0.3 is 21.1 Å². The first-order chi connectivity index (χ1) is 8.20. The molecule has 0 saturated carbocycles. The highest BCUT2D eigenvalue weighted by atomic mass is 16.5. The van der Waals surface area contributed by atoms with Gasteiger partial charge in [-0.1, -0.05) is 6.07 Å². The molecule has 2 atom stereocenters. The summed E-state index contributed by atoms with van der Waals surface area (Å²) < 4.78 is 5.33. The lowest BCUT2D eigenvalue weighted by Gasteiger charge is -2.19. The number of nitrogens with one attached hydrogen (secondary N) is 2. The number of hydrogen-bond donors (Lipinski definition) is 3. The van der Waals surface area contributed by atoms with Crippen LogP contribution in [-0.2, 0) is 4.74 Å². The number of nitrogens with two attached hydrogens (primary N) is 1. The number of rotatable bonds is 4. The third-order valence-corrected chi connectivity index (χ3v) is 2.80. The maximum absolute atomic E-state index is 11.0. The largest absolute Gasteiger partial charge is 0.378 e. The van der Waals surface area contributed by atoms with Crippen LogP contribution in [-0.4, -0.2) is 43.2 Å². The molecule has 1 aliphatic heterocycles. The van der Waals surface area contributed by atoms with Gasteiger partial charge >= 0.3 is 0 Å². The SMILES string of the molecule is CO[C@H]1CNCC1Nc1cccc(C(N)=O)n1. The predicted octanol–water partition coefficient (Wildman–Crippen LogP) is -0.421. The van der Waals surface area contributed by atoms with Crippen LogP contribution in [0.1, 0.15) is 10.5 Å². The lowest BCUT2D eigenvalue weighted by molar-refractivity contribution is 0.0995. The topological polar surface area (TPSA) is 89.3 Å². The summed E-state index contributed by atoms with van der Waals surface area (Å²) in [6, 6.07) is 5.29. The van der Waals surface area contributed by atoms with Gasteiger partial charge in [0.15, 0.2) is 0 Å². The van der Waals surface area contributed by atoms with Gasteiger partial charge in [-0.25, -0.2) is 4.98 Å². The van der Waals surface area contributed by atoms with Crippen molar-refractivity contribution in [3.05, 3.63) is 23.9 Å². The van der Waals surface area contributed by atoms with Crippen LogP contribution in [0.4, 0.5) is 5.82 Å². The van der Waals surface area contributed by atoms with E-state index in [0.717, 1.165) is 13.1 Å². The molecule has 0 spiro atoms. The Morgan fingerprint density at radius 2 is 2.41 bits per heavy atom. The number of pyridine rings is 1. The fourth-order valence-corrected chi connectivity index (χ4v) is 1.89. The second kappa shape index (κ2) is 5.11. The number of anilines is 1. The molecule has 4 N–H and O–H groups in total. The Morgan fingerprint density at radius 1 is 1.59 bits per heavy atom. The van der Waals surface area contributed by atoms with Gasteiger partial charge in [0.1, 0.15) is 11.5 Å². The highest BCUT2D eigenvalue weighted by Gasteiger charge is 2.26. The Labute approximate surface area is 99.5 Å². The zero-order chi connectivity index (χ0) is 12.3. The maximum atomic E-state index is 11.0. The summed E-state index contributed by atoms with van der Waals surface area (Å²) in [6.45, 7) is 1.62. The second-order valence-corrected chi connectivity index (χ2v) is 3.96. The molecule has 0 aliphatic carbocycles. The van der Waals surface area contributed by atoms with Crippen molar-refractivity contribution in [3.8, 4) is 0 Å². The van der Waals surface area contributed by atoms with Gasteiger partial charge in [0, 0.05) is 20.2 Å². The van der Waals surface area contributed by atoms with E-state index in [4.69, 9.17) is 10.5 Å². The van der Waals surface area contributed by atoms with Crippen LogP contribution in [0, 0.1) is 0 Å². The molecule has 17 heavy (non-hydrogen) atoms. The van der Waals surface area contributed by atoms with E-state index in [1.165, 1.54) is 0 Å². The van der Waals surface area contributed by atoms with Crippen molar-refractivity contribution in [3.63, 3.8) is 0 Å². The summed E-state index contributed by atoms with van der Waals surface area (Å²) in [7, 11) is 1.68. The third-order valence-electron chi connectivity index (χ3n) is 2.80. The van der Waals surface area contributed by atoms with Gasteiger partial charge in [0.2, 0.25) is 0 Å². The minimum Gasteiger partial charge on any atom is -0.378 e. The minimum absolute atomic E-state index is 0.106. The predicted molar refractivity (Wildman–Crippen MR) is 63.8 cm³/mol. The van der Waals surface area contributed by atoms with Crippen LogP contribution in [0.5, 0.6) is 0 Å². The normalized spacial score (nSPS) is 23.6. The average Bonchev–Trinajstić information content (AvgIpc) is 2.76. The lowest BCUT2D eigenvalue weighted by Crippen LogP contribution is -2.34.